The number of halogens is 1. The fourth-order valence-corrected chi connectivity index (χ4v) is 6.04. The molecule has 1 aliphatic carbocycles. The standard InChI is InChI=1S/C32H38ClN3O5S/c1-41-21-5-20-34-32(38)30(22-25-6-3-2-4-7-25)36(23-26-8-13-27(33)14-9-26)31(37)19-12-24-10-17-29(18-11-24)42(39,40)35-28-15-16-28/h2-4,6-11,13-14,17-18,28,30,35H,5,12,15-16,19-23H2,1H3,(H,34,38)/t30-/m0/s1. The lowest BCUT2D eigenvalue weighted by molar-refractivity contribution is -0.141. The first-order chi connectivity index (χ1) is 20.2. The zero-order valence-electron chi connectivity index (χ0n) is 23.8. The first kappa shape index (κ1) is 31.7. The highest BCUT2D eigenvalue weighted by Gasteiger charge is 2.30. The molecule has 8 nitrogen and oxygen atoms in total. The Labute approximate surface area is 253 Å². The van der Waals surface area contributed by atoms with Gasteiger partial charge in [-0.25, -0.2) is 13.1 Å². The number of rotatable bonds is 16. The van der Waals surface area contributed by atoms with Crippen molar-refractivity contribution in [1.82, 2.24) is 14.9 Å². The molecular formula is C32H38ClN3O5S. The van der Waals surface area contributed by atoms with Crippen LogP contribution in [0.25, 0.3) is 0 Å². The van der Waals surface area contributed by atoms with E-state index in [-0.39, 0.29) is 35.7 Å². The number of nitrogens with one attached hydrogen (secondary N) is 2. The molecule has 0 aliphatic heterocycles. The highest BCUT2D eigenvalue weighted by atomic mass is 35.5. The van der Waals surface area contributed by atoms with Crippen molar-refractivity contribution in [2.24, 2.45) is 0 Å². The third-order valence-electron chi connectivity index (χ3n) is 7.12. The summed E-state index contributed by atoms with van der Waals surface area (Å²) in [6.07, 6.45) is 3.30. The van der Waals surface area contributed by atoms with E-state index in [1.165, 1.54) is 0 Å². The third-order valence-corrected chi connectivity index (χ3v) is 8.91. The number of carbonyl (C=O) groups excluding carboxylic acids is 2. The lowest BCUT2D eigenvalue weighted by atomic mass is 10.0. The van der Waals surface area contributed by atoms with Crippen LogP contribution in [0.4, 0.5) is 0 Å². The number of methoxy groups -OCH3 is 1. The number of aryl methyl sites for hydroxylation is 1. The van der Waals surface area contributed by atoms with Crippen molar-refractivity contribution < 1.29 is 22.7 Å². The minimum Gasteiger partial charge on any atom is -0.385 e. The third kappa shape index (κ3) is 9.66. The van der Waals surface area contributed by atoms with Gasteiger partial charge in [0.15, 0.2) is 0 Å². The van der Waals surface area contributed by atoms with Crippen molar-refractivity contribution in [2.75, 3.05) is 20.3 Å². The maximum absolute atomic E-state index is 13.8. The van der Waals surface area contributed by atoms with E-state index in [9.17, 15) is 18.0 Å². The molecule has 0 heterocycles. The molecule has 1 atom stereocenters. The van der Waals surface area contributed by atoms with Gasteiger partial charge in [-0.1, -0.05) is 66.2 Å². The van der Waals surface area contributed by atoms with Crippen LogP contribution in [-0.4, -0.2) is 57.5 Å². The molecule has 0 radical (unpaired) electrons. The monoisotopic (exact) mass is 611 g/mol. The van der Waals surface area contributed by atoms with Gasteiger partial charge in [0.25, 0.3) is 0 Å². The van der Waals surface area contributed by atoms with E-state index in [0.717, 1.165) is 29.5 Å². The summed E-state index contributed by atoms with van der Waals surface area (Å²) in [6, 6.07) is 22.8. The van der Waals surface area contributed by atoms with Gasteiger partial charge in [0, 0.05) is 50.7 Å². The second kappa shape index (κ2) is 15.3. The summed E-state index contributed by atoms with van der Waals surface area (Å²) in [7, 11) is -1.93. The Morgan fingerprint density at radius 3 is 2.26 bits per heavy atom. The Balaban J connectivity index is 1.52. The molecule has 1 aliphatic rings. The van der Waals surface area contributed by atoms with Gasteiger partial charge >= 0.3 is 0 Å². The SMILES string of the molecule is COCCCNC(=O)[C@H](Cc1ccccc1)N(Cc1ccc(Cl)cc1)C(=O)CCc1ccc(S(=O)(=O)NC2CC2)cc1. The van der Waals surface area contributed by atoms with E-state index in [4.69, 9.17) is 16.3 Å². The lowest BCUT2D eigenvalue weighted by Gasteiger charge is -2.31. The minimum absolute atomic E-state index is 0.0277. The molecule has 0 saturated heterocycles. The van der Waals surface area contributed by atoms with Crippen LogP contribution in [0, 0.1) is 0 Å². The normalized spacial score (nSPS) is 13.9. The highest BCUT2D eigenvalue weighted by Crippen LogP contribution is 2.23. The number of ether oxygens (including phenoxy) is 1. The molecule has 3 aromatic carbocycles. The summed E-state index contributed by atoms with van der Waals surface area (Å²) in [5.74, 6) is -0.403. The van der Waals surface area contributed by atoms with Gasteiger partial charge in [-0.2, -0.15) is 0 Å². The first-order valence-corrected chi connectivity index (χ1v) is 16.1. The van der Waals surface area contributed by atoms with E-state index < -0.39 is 16.1 Å². The lowest BCUT2D eigenvalue weighted by Crippen LogP contribution is -2.50. The molecule has 0 unspecified atom stereocenters. The maximum atomic E-state index is 13.8. The zero-order valence-corrected chi connectivity index (χ0v) is 25.4. The summed E-state index contributed by atoms with van der Waals surface area (Å²) < 4.78 is 32.8. The summed E-state index contributed by atoms with van der Waals surface area (Å²) in [6.45, 7) is 1.20. The van der Waals surface area contributed by atoms with Crippen LogP contribution < -0.4 is 10.0 Å². The van der Waals surface area contributed by atoms with E-state index in [2.05, 4.69) is 10.0 Å². The van der Waals surface area contributed by atoms with E-state index in [1.54, 1.807) is 48.4 Å². The number of hydrogen-bond acceptors (Lipinski definition) is 5. The van der Waals surface area contributed by atoms with E-state index in [0.29, 0.717) is 37.4 Å². The van der Waals surface area contributed by atoms with Crippen molar-refractivity contribution in [3.05, 3.63) is 101 Å². The summed E-state index contributed by atoms with van der Waals surface area (Å²) in [5.41, 5.74) is 2.64. The quantitative estimate of drug-likeness (QED) is 0.232. The van der Waals surface area contributed by atoms with Crippen LogP contribution >= 0.6 is 11.6 Å². The Morgan fingerprint density at radius 1 is 0.952 bits per heavy atom. The van der Waals surface area contributed by atoms with E-state index in [1.807, 2.05) is 42.5 Å². The molecule has 4 rings (SSSR count). The molecule has 0 bridgehead atoms. The van der Waals surface area contributed by atoms with Crippen molar-refractivity contribution in [1.29, 1.82) is 0 Å². The van der Waals surface area contributed by atoms with Gasteiger partial charge < -0.3 is 15.0 Å². The number of sulfonamides is 1. The maximum Gasteiger partial charge on any atom is 0.243 e. The molecule has 224 valence electrons. The largest absolute Gasteiger partial charge is 0.385 e. The van der Waals surface area contributed by atoms with Crippen LogP contribution in [0.5, 0.6) is 0 Å². The van der Waals surface area contributed by atoms with Crippen molar-refractivity contribution in [3.8, 4) is 0 Å². The Kier molecular flexibility index (Phi) is 11.5. The molecule has 10 heteroatoms. The molecule has 1 fully saturated rings. The first-order valence-electron chi connectivity index (χ1n) is 14.2. The number of amides is 2. The Morgan fingerprint density at radius 2 is 1.62 bits per heavy atom. The molecule has 2 amide bonds. The molecule has 3 aromatic rings. The highest BCUT2D eigenvalue weighted by molar-refractivity contribution is 7.89. The van der Waals surface area contributed by atoms with Crippen molar-refractivity contribution >= 4 is 33.4 Å². The van der Waals surface area contributed by atoms with Crippen LogP contribution in [0.1, 0.15) is 42.4 Å². The number of benzene rings is 3. The fraction of sp³-hybridized carbons (Fsp3) is 0.375. The number of hydrogen-bond donors (Lipinski definition) is 2. The Bertz CT molecular complexity index is 1410. The van der Waals surface area contributed by atoms with E-state index >= 15 is 0 Å². The molecule has 0 aromatic heterocycles. The smallest absolute Gasteiger partial charge is 0.243 e. The molecule has 2 N–H and O–H groups in total. The second-order valence-corrected chi connectivity index (χ2v) is 12.7. The van der Waals surface area contributed by atoms with Crippen LogP contribution in [0.2, 0.25) is 5.02 Å². The molecule has 0 spiro atoms. The Hall–Kier alpha value is -3.24. The zero-order chi connectivity index (χ0) is 30.0. The summed E-state index contributed by atoms with van der Waals surface area (Å²) >= 11 is 6.10. The number of nitrogens with zero attached hydrogens (tertiary/aromatic N) is 1. The second-order valence-electron chi connectivity index (χ2n) is 10.5. The fourth-order valence-electron chi connectivity index (χ4n) is 4.61. The van der Waals surface area contributed by atoms with Crippen LogP contribution in [0.15, 0.2) is 83.8 Å². The average molecular weight is 612 g/mol. The van der Waals surface area contributed by atoms with Gasteiger partial charge in [-0.05, 0) is 66.6 Å². The number of carbonyl (C=O) groups is 2. The topological polar surface area (TPSA) is 105 Å². The van der Waals surface area contributed by atoms with Gasteiger partial charge in [0.05, 0.1) is 4.90 Å². The predicted molar refractivity (Wildman–Crippen MR) is 164 cm³/mol. The average Bonchev–Trinajstić information content (AvgIpc) is 3.81. The minimum atomic E-state index is -3.55. The molecule has 1 saturated carbocycles. The van der Waals surface area contributed by atoms with Crippen molar-refractivity contribution in [3.63, 3.8) is 0 Å². The van der Waals surface area contributed by atoms with Gasteiger partial charge in [-0.15, -0.1) is 0 Å². The van der Waals surface area contributed by atoms with Crippen LogP contribution in [0.3, 0.4) is 0 Å². The molecular weight excluding hydrogens is 574 g/mol. The summed E-state index contributed by atoms with van der Waals surface area (Å²) in [4.78, 5) is 29.3. The van der Waals surface area contributed by atoms with Gasteiger partial charge in [-0.3, -0.25) is 9.59 Å². The van der Waals surface area contributed by atoms with Gasteiger partial charge in [0.1, 0.15) is 6.04 Å². The van der Waals surface area contributed by atoms with Crippen molar-refractivity contribution in [2.45, 2.75) is 62.0 Å². The molecule has 42 heavy (non-hydrogen) atoms. The predicted octanol–water partition coefficient (Wildman–Crippen LogP) is 4.51. The van der Waals surface area contributed by atoms with Gasteiger partial charge in [0.2, 0.25) is 21.8 Å². The summed E-state index contributed by atoms with van der Waals surface area (Å²) in [5, 5.41) is 3.57. The van der Waals surface area contributed by atoms with Crippen LogP contribution in [-0.2, 0) is 43.7 Å².